The third-order valence-electron chi connectivity index (χ3n) is 3.70. The first-order valence-corrected chi connectivity index (χ1v) is 7.65. The SMILES string of the molecule is COc1cn2c(=O)c(/C(C=N)=C/NCCC(F)(F)F)c(C(F)(F)F)nc2n1C. The summed E-state index contributed by atoms with van der Waals surface area (Å²) in [4.78, 5) is 16.2. The highest BCUT2D eigenvalue weighted by Gasteiger charge is 2.39. The van der Waals surface area contributed by atoms with Crippen LogP contribution in [0.15, 0.2) is 17.2 Å². The molecule has 0 atom stereocenters. The highest BCUT2D eigenvalue weighted by molar-refractivity contribution is 6.08. The molecule has 13 heteroatoms. The topological polar surface area (TPSA) is 84.4 Å². The smallest absolute Gasteiger partial charge is 0.434 e. The molecule has 0 aliphatic rings. The lowest BCUT2D eigenvalue weighted by atomic mass is 10.1. The standard InChI is InChI=1S/C15H15F6N5O2/c1-25-9(28-2)7-26-12(27)10(11(15(19,20)21)24-13(25)26)8(5-22)6-23-4-3-14(16,17)18/h5-7,22-23H,3-4H2,1-2H3/b8-6+,22-5?. The average Bonchev–Trinajstić information content (AvgIpc) is 2.90. The monoisotopic (exact) mass is 411 g/mol. The van der Waals surface area contributed by atoms with Gasteiger partial charge in [0.05, 0.1) is 25.3 Å². The molecule has 154 valence electrons. The summed E-state index contributed by atoms with van der Waals surface area (Å²) >= 11 is 0. The van der Waals surface area contributed by atoms with Crippen molar-refractivity contribution >= 4 is 17.6 Å². The Morgan fingerprint density at radius 2 is 1.96 bits per heavy atom. The Bertz CT molecular complexity index is 970. The first-order valence-electron chi connectivity index (χ1n) is 7.65. The number of allylic oxidation sites excluding steroid dienone is 1. The molecule has 2 aromatic rings. The van der Waals surface area contributed by atoms with E-state index in [1.165, 1.54) is 14.2 Å². The molecular formula is C15H15F6N5O2. The normalized spacial score (nSPS) is 13.1. The van der Waals surface area contributed by atoms with Crippen LogP contribution < -0.4 is 15.6 Å². The summed E-state index contributed by atoms with van der Waals surface area (Å²) in [5.74, 6) is -0.300. The second-order valence-corrected chi connectivity index (χ2v) is 5.60. The van der Waals surface area contributed by atoms with Crippen LogP contribution >= 0.6 is 0 Å². The van der Waals surface area contributed by atoms with Crippen molar-refractivity contribution < 1.29 is 31.1 Å². The van der Waals surface area contributed by atoms with E-state index in [1.807, 2.05) is 0 Å². The number of imidazole rings is 1. The summed E-state index contributed by atoms with van der Waals surface area (Å²) in [6.07, 6.45) is -8.46. The van der Waals surface area contributed by atoms with Gasteiger partial charge >= 0.3 is 12.4 Å². The van der Waals surface area contributed by atoms with Crippen molar-refractivity contribution in [1.82, 2.24) is 19.3 Å². The van der Waals surface area contributed by atoms with Gasteiger partial charge in [0.1, 0.15) is 0 Å². The lowest BCUT2D eigenvalue weighted by molar-refractivity contribution is -0.141. The lowest BCUT2D eigenvalue weighted by Crippen LogP contribution is -2.27. The number of hydrogen-bond donors (Lipinski definition) is 2. The van der Waals surface area contributed by atoms with Crippen LogP contribution in [0.1, 0.15) is 17.7 Å². The summed E-state index contributed by atoms with van der Waals surface area (Å²) < 4.78 is 83.9. The van der Waals surface area contributed by atoms with Gasteiger partial charge in [-0.3, -0.25) is 9.36 Å². The third kappa shape index (κ3) is 4.28. The second-order valence-electron chi connectivity index (χ2n) is 5.60. The van der Waals surface area contributed by atoms with Crippen molar-refractivity contribution in [2.24, 2.45) is 7.05 Å². The van der Waals surface area contributed by atoms with E-state index in [0.29, 0.717) is 6.21 Å². The number of nitrogens with one attached hydrogen (secondary N) is 2. The van der Waals surface area contributed by atoms with Crippen molar-refractivity contribution in [2.75, 3.05) is 13.7 Å². The Morgan fingerprint density at radius 1 is 1.32 bits per heavy atom. The Hall–Kier alpha value is -2.99. The molecule has 2 N–H and O–H groups in total. The fraction of sp³-hybridized carbons (Fsp3) is 0.400. The summed E-state index contributed by atoms with van der Waals surface area (Å²) in [7, 11) is 2.59. The minimum atomic E-state index is -5.05. The Morgan fingerprint density at radius 3 is 2.46 bits per heavy atom. The maximum Gasteiger partial charge on any atom is 0.434 e. The zero-order valence-electron chi connectivity index (χ0n) is 14.6. The van der Waals surface area contributed by atoms with E-state index >= 15 is 0 Å². The number of hydrogen-bond acceptors (Lipinski definition) is 5. The van der Waals surface area contributed by atoms with Gasteiger partial charge in [-0.2, -0.15) is 26.3 Å². The van der Waals surface area contributed by atoms with Crippen LogP contribution in [0.4, 0.5) is 26.3 Å². The first kappa shape index (κ1) is 21.3. The van der Waals surface area contributed by atoms with Gasteiger partial charge in [-0.15, -0.1) is 0 Å². The van der Waals surface area contributed by atoms with Crippen LogP contribution in [0.5, 0.6) is 5.88 Å². The van der Waals surface area contributed by atoms with Crippen LogP contribution in [-0.2, 0) is 13.2 Å². The van der Waals surface area contributed by atoms with Gasteiger partial charge in [-0.1, -0.05) is 0 Å². The molecule has 0 aliphatic heterocycles. The molecule has 0 bridgehead atoms. The molecule has 0 saturated heterocycles. The number of methoxy groups -OCH3 is 1. The molecule has 7 nitrogen and oxygen atoms in total. The van der Waals surface area contributed by atoms with Gasteiger partial charge in [-0.05, 0) is 0 Å². The molecule has 0 fully saturated rings. The van der Waals surface area contributed by atoms with Crippen molar-refractivity contribution in [2.45, 2.75) is 18.8 Å². The molecule has 28 heavy (non-hydrogen) atoms. The van der Waals surface area contributed by atoms with E-state index in [4.69, 9.17) is 10.1 Å². The van der Waals surface area contributed by atoms with Crippen LogP contribution in [-0.4, -0.2) is 40.0 Å². The van der Waals surface area contributed by atoms with Gasteiger partial charge in [-0.25, -0.2) is 9.38 Å². The van der Waals surface area contributed by atoms with Crippen LogP contribution in [0.3, 0.4) is 0 Å². The van der Waals surface area contributed by atoms with Crippen LogP contribution in [0, 0.1) is 5.41 Å². The number of nitrogens with zero attached hydrogens (tertiary/aromatic N) is 3. The van der Waals surface area contributed by atoms with E-state index in [1.54, 1.807) is 0 Å². The predicted molar refractivity (Wildman–Crippen MR) is 87.4 cm³/mol. The Balaban J connectivity index is 2.64. The maximum absolute atomic E-state index is 13.5. The summed E-state index contributed by atoms with van der Waals surface area (Å²) in [6.45, 7) is -0.641. The van der Waals surface area contributed by atoms with E-state index in [2.05, 4.69) is 10.3 Å². The molecular weight excluding hydrogens is 396 g/mol. The van der Waals surface area contributed by atoms with Crippen molar-refractivity contribution in [3.05, 3.63) is 34.0 Å². The number of aryl methyl sites for hydroxylation is 1. The van der Waals surface area contributed by atoms with Crippen molar-refractivity contribution in [3.63, 3.8) is 0 Å². The minimum Gasteiger partial charge on any atom is -0.481 e. The summed E-state index contributed by atoms with van der Waals surface area (Å²) in [6, 6.07) is 0. The summed E-state index contributed by atoms with van der Waals surface area (Å²) in [5, 5.41) is 9.48. The average molecular weight is 411 g/mol. The maximum atomic E-state index is 13.5. The van der Waals surface area contributed by atoms with Crippen molar-refractivity contribution in [1.29, 1.82) is 5.41 Å². The van der Waals surface area contributed by atoms with Crippen LogP contribution in [0.2, 0.25) is 0 Å². The zero-order chi connectivity index (χ0) is 21.3. The molecule has 2 heterocycles. The quantitative estimate of drug-likeness (QED) is 0.435. The molecule has 0 saturated carbocycles. The Labute approximate surface area is 153 Å². The molecule has 2 aromatic heterocycles. The largest absolute Gasteiger partial charge is 0.481 e. The molecule has 0 aliphatic carbocycles. The zero-order valence-corrected chi connectivity index (χ0v) is 14.6. The number of ether oxygens (including phenoxy) is 1. The van der Waals surface area contributed by atoms with E-state index in [0.717, 1.165) is 21.4 Å². The fourth-order valence-corrected chi connectivity index (χ4v) is 2.41. The minimum absolute atomic E-state index is 0.0542. The van der Waals surface area contributed by atoms with E-state index in [-0.39, 0.29) is 11.7 Å². The van der Waals surface area contributed by atoms with Gasteiger partial charge in [0.2, 0.25) is 11.7 Å². The third-order valence-corrected chi connectivity index (χ3v) is 3.70. The molecule has 0 radical (unpaired) electrons. The number of fused-ring (bicyclic) bond motifs is 1. The highest BCUT2D eigenvalue weighted by Crippen LogP contribution is 2.32. The molecule has 0 aromatic carbocycles. The van der Waals surface area contributed by atoms with E-state index in [9.17, 15) is 31.1 Å². The number of alkyl halides is 6. The number of rotatable bonds is 6. The fourth-order valence-electron chi connectivity index (χ4n) is 2.41. The Kier molecular flexibility index (Phi) is 5.75. The molecule has 0 amide bonds. The van der Waals surface area contributed by atoms with Gasteiger partial charge < -0.3 is 15.5 Å². The lowest BCUT2D eigenvalue weighted by Gasteiger charge is -2.13. The van der Waals surface area contributed by atoms with Gasteiger partial charge in [0.15, 0.2) is 5.69 Å². The van der Waals surface area contributed by atoms with E-state index < -0.39 is 47.7 Å². The molecule has 2 rings (SSSR count). The second kappa shape index (κ2) is 7.56. The predicted octanol–water partition coefficient (Wildman–Crippen LogP) is 2.59. The molecule has 0 spiro atoms. The van der Waals surface area contributed by atoms with Crippen LogP contribution in [0.25, 0.3) is 11.4 Å². The van der Waals surface area contributed by atoms with Gasteiger partial charge in [0, 0.05) is 31.6 Å². The van der Waals surface area contributed by atoms with Gasteiger partial charge in [0.25, 0.3) is 5.56 Å². The number of aromatic nitrogens is 3. The van der Waals surface area contributed by atoms with Crippen molar-refractivity contribution in [3.8, 4) is 5.88 Å². The highest BCUT2D eigenvalue weighted by atomic mass is 19.4. The first-order chi connectivity index (χ1) is 12.9. The molecule has 0 unspecified atom stereocenters. The summed E-state index contributed by atoms with van der Waals surface area (Å²) in [5.41, 5.74) is -4.24. The number of halogens is 6.